The molecule has 0 spiro atoms. The zero-order valence-electron chi connectivity index (χ0n) is 9.91. The number of halogens is 2. The van der Waals surface area contributed by atoms with Crippen LogP contribution in [-0.4, -0.2) is 30.4 Å². The minimum absolute atomic E-state index is 0.174. The number of rotatable bonds is 4. The highest BCUT2D eigenvalue weighted by Crippen LogP contribution is 2.09. The molecule has 0 aliphatic heterocycles. The molecule has 5 heteroatoms. The lowest BCUT2D eigenvalue weighted by molar-refractivity contribution is -0.130. The number of benzene rings is 1. The summed E-state index contributed by atoms with van der Waals surface area (Å²) in [5.74, 6) is -1.91. The van der Waals surface area contributed by atoms with Crippen LogP contribution < -0.4 is 5.73 Å². The van der Waals surface area contributed by atoms with Crippen molar-refractivity contribution in [3.8, 4) is 0 Å². The van der Waals surface area contributed by atoms with Gasteiger partial charge < -0.3 is 10.6 Å². The fraction of sp³-hybridized carbons (Fsp3) is 0.417. The SMILES string of the molecule is CC(N)C(=O)N(C)CCc1ccc(F)c(F)c1. The van der Waals surface area contributed by atoms with Crippen molar-refractivity contribution in [2.75, 3.05) is 13.6 Å². The maximum absolute atomic E-state index is 12.9. The number of hydrogen-bond acceptors (Lipinski definition) is 2. The highest BCUT2D eigenvalue weighted by Gasteiger charge is 2.13. The van der Waals surface area contributed by atoms with E-state index in [1.54, 1.807) is 14.0 Å². The number of nitrogens with zero attached hydrogens (tertiary/aromatic N) is 1. The van der Waals surface area contributed by atoms with Crippen LogP contribution in [-0.2, 0) is 11.2 Å². The summed E-state index contributed by atoms with van der Waals surface area (Å²) >= 11 is 0. The van der Waals surface area contributed by atoms with Crippen molar-refractivity contribution < 1.29 is 13.6 Å². The Morgan fingerprint density at radius 2 is 2.06 bits per heavy atom. The summed E-state index contributed by atoms with van der Waals surface area (Å²) in [5.41, 5.74) is 6.10. The normalized spacial score (nSPS) is 12.3. The Kier molecular flexibility index (Phi) is 4.57. The summed E-state index contributed by atoms with van der Waals surface area (Å²) in [6.45, 7) is 2.03. The molecule has 0 bridgehead atoms. The number of carbonyl (C=O) groups excluding carboxylic acids is 1. The van der Waals surface area contributed by atoms with E-state index in [4.69, 9.17) is 5.73 Å². The van der Waals surface area contributed by atoms with E-state index in [1.807, 2.05) is 0 Å². The van der Waals surface area contributed by atoms with Gasteiger partial charge >= 0.3 is 0 Å². The third-order valence-electron chi connectivity index (χ3n) is 2.49. The largest absolute Gasteiger partial charge is 0.344 e. The maximum atomic E-state index is 12.9. The molecule has 0 saturated carbocycles. The summed E-state index contributed by atoms with van der Waals surface area (Å²) in [4.78, 5) is 12.9. The molecule has 1 amide bonds. The Labute approximate surface area is 99.2 Å². The molecule has 0 radical (unpaired) electrons. The predicted molar refractivity (Wildman–Crippen MR) is 61.3 cm³/mol. The van der Waals surface area contributed by atoms with Gasteiger partial charge in [0.1, 0.15) is 0 Å². The summed E-state index contributed by atoms with van der Waals surface area (Å²) in [5, 5.41) is 0. The second-order valence-electron chi connectivity index (χ2n) is 4.05. The molecule has 1 rings (SSSR count). The topological polar surface area (TPSA) is 46.3 Å². The second-order valence-corrected chi connectivity index (χ2v) is 4.05. The molecule has 0 fully saturated rings. The van der Waals surface area contributed by atoms with Crippen molar-refractivity contribution in [2.24, 2.45) is 5.73 Å². The molecule has 3 nitrogen and oxygen atoms in total. The first-order valence-corrected chi connectivity index (χ1v) is 5.36. The van der Waals surface area contributed by atoms with Crippen LogP contribution in [0.25, 0.3) is 0 Å². The summed E-state index contributed by atoms with van der Waals surface area (Å²) in [6, 6.07) is 3.17. The molecule has 2 N–H and O–H groups in total. The standard InChI is InChI=1S/C12H16F2N2O/c1-8(15)12(17)16(2)6-5-9-3-4-10(13)11(14)7-9/h3-4,7-8H,5-6,15H2,1-2H3. The second kappa shape index (κ2) is 5.72. The first kappa shape index (κ1) is 13.6. The third kappa shape index (κ3) is 3.78. The summed E-state index contributed by atoms with van der Waals surface area (Å²) < 4.78 is 25.6. The lowest BCUT2D eigenvalue weighted by atomic mass is 10.1. The Morgan fingerprint density at radius 3 is 2.59 bits per heavy atom. The lowest BCUT2D eigenvalue weighted by Crippen LogP contribution is -2.40. The van der Waals surface area contributed by atoms with Gasteiger partial charge in [-0.3, -0.25) is 4.79 Å². The van der Waals surface area contributed by atoms with Gasteiger partial charge in [0.15, 0.2) is 11.6 Å². The first-order valence-electron chi connectivity index (χ1n) is 5.36. The van der Waals surface area contributed by atoms with E-state index in [0.717, 1.165) is 12.1 Å². The lowest BCUT2D eigenvalue weighted by Gasteiger charge is -2.19. The van der Waals surface area contributed by atoms with Crippen LogP contribution in [0.15, 0.2) is 18.2 Å². The van der Waals surface area contributed by atoms with Crippen molar-refractivity contribution in [3.05, 3.63) is 35.4 Å². The fourth-order valence-corrected chi connectivity index (χ4v) is 1.45. The van der Waals surface area contributed by atoms with Crippen LogP contribution in [0.5, 0.6) is 0 Å². The predicted octanol–water partition coefficient (Wildman–Crippen LogP) is 1.31. The number of nitrogens with two attached hydrogens (primary N) is 1. The van der Waals surface area contributed by atoms with Gasteiger partial charge in [-0.15, -0.1) is 0 Å². The summed E-state index contributed by atoms with van der Waals surface area (Å²) in [6.07, 6.45) is 0.464. The monoisotopic (exact) mass is 242 g/mol. The molecular weight excluding hydrogens is 226 g/mol. The molecule has 94 valence electrons. The highest BCUT2D eigenvalue weighted by molar-refractivity contribution is 5.80. The number of likely N-dealkylation sites (N-methyl/N-ethyl adjacent to an activating group) is 1. The van der Waals surface area contributed by atoms with Crippen LogP contribution >= 0.6 is 0 Å². The quantitative estimate of drug-likeness (QED) is 0.865. The molecule has 0 aliphatic carbocycles. The Hall–Kier alpha value is -1.49. The van der Waals surface area contributed by atoms with Crippen molar-refractivity contribution in [3.63, 3.8) is 0 Å². The van der Waals surface area contributed by atoms with Crippen LogP contribution in [0.2, 0.25) is 0 Å². The van der Waals surface area contributed by atoms with E-state index in [1.165, 1.54) is 11.0 Å². The van der Waals surface area contributed by atoms with Crippen molar-refractivity contribution in [1.82, 2.24) is 4.90 Å². The van der Waals surface area contributed by atoms with Gasteiger partial charge in [-0.05, 0) is 31.0 Å². The van der Waals surface area contributed by atoms with Gasteiger partial charge in [-0.2, -0.15) is 0 Å². The van der Waals surface area contributed by atoms with E-state index in [9.17, 15) is 13.6 Å². The van der Waals surface area contributed by atoms with Gasteiger partial charge in [0, 0.05) is 13.6 Å². The molecule has 0 aromatic heterocycles. The van der Waals surface area contributed by atoms with Gasteiger partial charge in [0.05, 0.1) is 6.04 Å². The molecule has 0 saturated heterocycles. The molecule has 1 aromatic carbocycles. The van der Waals surface area contributed by atoms with Crippen LogP contribution in [0, 0.1) is 11.6 Å². The number of amides is 1. The van der Waals surface area contributed by atoms with E-state index in [2.05, 4.69) is 0 Å². The first-order chi connectivity index (χ1) is 7.91. The Morgan fingerprint density at radius 1 is 1.41 bits per heavy atom. The van der Waals surface area contributed by atoms with E-state index < -0.39 is 17.7 Å². The zero-order chi connectivity index (χ0) is 13.0. The van der Waals surface area contributed by atoms with Crippen LogP contribution in [0.1, 0.15) is 12.5 Å². The number of hydrogen-bond donors (Lipinski definition) is 1. The Balaban J connectivity index is 2.56. The Bertz CT molecular complexity index is 407. The molecular formula is C12H16F2N2O. The molecule has 1 atom stereocenters. The van der Waals surface area contributed by atoms with Gasteiger partial charge in [-0.1, -0.05) is 6.07 Å². The van der Waals surface area contributed by atoms with E-state index in [0.29, 0.717) is 18.5 Å². The summed E-state index contributed by atoms with van der Waals surface area (Å²) in [7, 11) is 1.63. The van der Waals surface area contributed by atoms with Gasteiger partial charge in [0.2, 0.25) is 5.91 Å². The average Bonchev–Trinajstić information content (AvgIpc) is 2.29. The molecule has 1 aromatic rings. The number of carbonyl (C=O) groups is 1. The minimum atomic E-state index is -0.872. The highest BCUT2D eigenvalue weighted by atomic mass is 19.2. The molecule has 0 heterocycles. The minimum Gasteiger partial charge on any atom is -0.344 e. The van der Waals surface area contributed by atoms with Gasteiger partial charge in [0.25, 0.3) is 0 Å². The van der Waals surface area contributed by atoms with Crippen molar-refractivity contribution >= 4 is 5.91 Å². The van der Waals surface area contributed by atoms with Crippen molar-refractivity contribution in [1.29, 1.82) is 0 Å². The molecule has 0 aliphatic rings. The van der Waals surface area contributed by atoms with Crippen molar-refractivity contribution in [2.45, 2.75) is 19.4 Å². The smallest absolute Gasteiger partial charge is 0.238 e. The third-order valence-corrected chi connectivity index (χ3v) is 2.49. The van der Waals surface area contributed by atoms with Gasteiger partial charge in [-0.25, -0.2) is 8.78 Å². The zero-order valence-corrected chi connectivity index (χ0v) is 9.91. The molecule has 1 unspecified atom stereocenters. The maximum Gasteiger partial charge on any atom is 0.238 e. The van der Waals surface area contributed by atoms with Crippen LogP contribution in [0.3, 0.4) is 0 Å². The van der Waals surface area contributed by atoms with Crippen LogP contribution in [0.4, 0.5) is 8.78 Å². The average molecular weight is 242 g/mol. The van der Waals surface area contributed by atoms with E-state index >= 15 is 0 Å². The fourth-order valence-electron chi connectivity index (χ4n) is 1.45. The van der Waals surface area contributed by atoms with E-state index in [-0.39, 0.29) is 5.91 Å². The molecule has 17 heavy (non-hydrogen) atoms.